The number of carbonyl (C=O) groups is 1. The lowest BCUT2D eigenvalue weighted by Gasteiger charge is -2.45. The van der Waals surface area contributed by atoms with E-state index < -0.39 is 0 Å². The molecule has 3 heterocycles. The molecule has 0 spiro atoms. The molecule has 1 amide bonds. The zero-order valence-electron chi connectivity index (χ0n) is 12.9. The first-order valence-electron chi connectivity index (χ1n) is 8.01. The molecule has 4 heteroatoms. The van der Waals surface area contributed by atoms with E-state index in [0.29, 0.717) is 6.04 Å². The average Bonchev–Trinajstić information content (AvgIpc) is 2.48. The van der Waals surface area contributed by atoms with Crippen LogP contribution in [0.4, 0.5) is 11.4 Å². The van der Waals surface area contributed by atoms with Gasteiger partial charge in [0.1, 0.15) is 0 Å². The third-order valence-electron chi connectivity index (χ3n) is 4.66. The average molecular weight is 287 g/mol. The van der Waals surface area contributed by atoms with Crippen LogP contribution in [-0.4, -0.2) is 36.5 Å². The van der Waals surface area contributed by atoms with Crippen LogP contribution >= 0.6 is 0 Å². The predicted octanol–water partition coefficient (Wildman–Crippen LogP) is 2.79. The second kappa shape index (κ2) is 6.06. The molecule has 4 nitrogen and oxygen atoms in total. The lowest BCUT2D eigenvalue weighted by molar-refractivity contribution is -0.118. The number of piperidine rings is 3. The predicted molar refractivity (Wildman–Crippen MR) is 86.5 cm³/mol. The highest BCUT2D eigenvalue weighted by Crippen LogP contribution is 2.30. The minimum Gasteiger partial charge on any atom is -0.381 e. The molecule has 1 aromatic rings. The number of nitrogens with one attached hydrogen (secondary N) is 2. The van der Waals surface area contributed by atoms with Crippen LogP contribution in [0.15, 0.2) is 24.3 Å². The summed E-state index contributed by atoms with van der Waals surface area (Å²) in [7, 11) is 0. The minimum absolute atomic E-state index is 0.00324. The first-order valence-corrected chi connectivity index (χ1v) is 8.01. The normalized spacial score (nSPS) is 27.7. The van der Waals surface area contributed by atoms with E-state index in [-0.39, 0.29) is 11.8 Å². The summed E-state index contributed by atoms with van der Waals surface area (Å²) in [5, 5.41) is 6.63. The first kappa shape index (κ1) is 14.4. The van der Waals surface area contributed by atoms with Gasteiger partial charge in [-0.15, -0.1) is 0 Å². The zero-order chi connectivity index (χ0) is 14.8. The van der Waals surface area contributed by atoms with E-state index in [9.17, 15) is 4.79 Å². The van der Waals surface area contributed by atoms with Gasteiger partial charge in [-0.05, 0) is 50.0 Å². The van der Waals surface area contributed by atoms with Gasteiger partial charge in [-0.3, -0.25) is 4.79 Å². The largest absolute Gasteiger partial charge is 0.381 e. The van der Waals surface area contributed by atoms with E-state index in [2.05, 4.69) is 21.6 Å². The Bertz CT molecular complexity index is 507. The summed E-state index contributed by atoms with van der Waals surface area (Å²) in [6.45, 7) is 7.48. The van der Waals surface area contributed by atoms with E-state index in [4.69, 9.17) is 0 Å². The number of anilines is 2. The first-order chi connectivity index (χ1) is 10.1. The highest BCUT2D eigenvalue weighted by atomic mass is 16.1. The van der Waals surface area contributed by atoms with Crippen molar-refractivity contribution in [2.75, 3.05) is 30.3 Å². The molecule has 3 fully saturated rings. The molecule has 0 aliphatic carbocycles. The Morgan fingerprint density at radius 2 is 1.95 bits per heavy atom. The number of benzene rings is 1. The molecule has 3 saturated heterocycles. The van der Waals surface area contributed by atoms with E-state index in [1.54, 1.807) is 0 Å². The summed E-state index contributed by atoms with van der Waals surface area (Å²) >= 11 is 0. The maximum Gasteiger partial charge on any atom is 0.226 e. The maximum atomic E-state index is 11.8. The van der Waals surface area contributed by atoms with Gasteiger partial charge in [-0.2, -0.15) is 0 Å². The quantitative estimate of drug-likeness (QED) is 0.895. The molecule has 2 N–H and O–H groups in total. The lowest BCUT2D eigenvalue weighted by Crippen LogP contribution is -2.53. The fourth-order valence-electron chi connectivity index (χ4n) is 3.32. The van der Waals surface area contributed by atoms with Crippen molar-refractivity contribution in [3.05, 3.63) is 24.3 Å². The Morgan fingerprint density at radius 1 is 1.24 bits per heavy atom. The number of rotatable bonds is 4. The van der Waals surface area contributed by atoms with Crippen LogP contribution < -0.4 is 10.6 Å². The van der Waals surface area contributed by atoms with Gasteiger partial charge in [0.25, 0.3) is 0 Å². The molecule has 2 bridgehead atoms. The SMILES string of the molecule is CC(C)C(=O)Nc1cccc(NC2CN3CCC2CC3)c1. The fraction of sp³-hybridized carbons (Fsp3) is 0.588. The van der Waals surface area contributed by atoms with Crippen molar-refractivity contribution in [1.29, 1.82) is 0 Å². The zero-order valence-corrected chi connectivity index (χ0v) is 12.9. The van der Waals surface area contributed by atoms with E-state index in [1.165, 1.54) is 25.9 Å². The van der Waals surface area contributed by atoms with Crippen LogP contribution in [0.3, 0.4) is 0 Å². The van der Waals surface area contributed by atoms with Crippen LogP contribution in [0, 0.1) is 11.8 Å². The fourth-order valence-corrected chi connectivity index (χ4v) is 3.32. The molecule has 3 aliphatic heterocycles. The van der Waals surface area contributed by atoms with Gasteiger partial charge < -0.3 is 15.5 Å². The van der Waals surface area contributed by atoms with Crippen LogP contribution in [-0.2, 0) is 4.79 Å². The van der Waals surface area contributed by atoms with Crippen molar-refractivity contribution in [2.45, 2.75) is 32.7 Å². The van der Waals surface area contributed by atoms with Crippen molar-refractivity contribution in [2.24, 2.45) is 11.8 Å². The lowest BCUT2D eigenvalue weighted by atomic mass is 9.84. The number of amides is 1. The molecule has 0 radical (unpaired) electrons. The van der Waals surface area contributed by atoms with Gasteiger partial charge in [0.2, 0.25) is 5.91 Å². The summed E-state index contributed by atoms with van der Waals surface area (Å²) < 4.78 is 0. The third kappa shape index (κ3) is 3.38. The van der Waals surface area contributed by atoms with E-state index in [0.717, 1.165) is 23.8 Å². The van der Waals surface area contributed by atoms with Crippen LogP contribution in [0.1, 0.15) is 26.7 Å². The molecule has 1 aromatic carbocycles. The Hall–Kier alpha value is -1.55. The number of hydrogen-bond acceptors (Lipinski definition) is 3. The van der Waals surface area contributed by atoms with Crippen molar-refractivity contribution >= 4 is 17.3 Å². The second-order valence-corrected chi connectivity index (χ2v) is 6.61. The summed E-state index contributed by atoms with van der Waals surface area (Å²) in [5.74, 6) is 0.863. The van der Waals surface area contributed by atoms with Gasteiger partial charge in [0, 0.05) is 29.9 Å². The molecule has 0 aromatic heterocycles. The maximum absolute atomic E-state index is 11.8. The molecule has 0 saturated carbocycles. The smallest absolute Gasteiger partial charge is 0.226 e. The van der Waals surface area contributed by atoms with Gasteiger partial charge in [-0.1, -0.05) is 19.9 Å². The highest BCUT2D eigenvalue weighted by molar-refractivity contribution is 5.92. The number of hydrogen-bond donors (Lipinski definition) is 2. The Balaban J connectivity index is 1.65. The van der Waals surface area contributed by atoms with Crippen molar-refractivity contribution in [1.82, 2.24) is 4.90 Å². The molecular formula is C17H25N3O. The number of fused-ring (bicyclic) bond motifs is 3. The van der Waals surface area contributed by atoms with Gasteiger partial charge >= 0.3 is 0 Å². The monoisotopic (exact) mass is 287 g/mol. The number of nitrogens with zero attached hydrogens (tertiary/aromatic N) is 1. The molecule has 4 rings (SSSR count). The highest BCUT2D eigenvalue weighted by Gasteiger charge is 2.33. The Labute approximate surface area is 126 Å². The summed E-state index contributed by atoms with van der Waals surface area (Å²) in [6.07, 6.45) is 2.61. The third-order valence-corrected chi connectivity index (χ3v) is 4.66. The van der Waals surface area contributed by atoms with Crippen LogP contribution in [0.2, 0.25) is 0 Å². The van der Waals surface area contributed by atoms with Crippen molar-refractivity contribution in [3.8, 4) is 0 Å². The molecule has 114 valence electrons. The molecular weight excluding hydrogens is 262 g/mol. The molecule has 1 unspecified atom stereocenters. The minimum atomic E-state index is 0.00324. The van der Waals surface area contributed by atoms with Gasteiger partial charge in [-0.25, -0.2) is 0 Å². The molecule has 1 atom stereocenters. The van der Waals surface area contributed by atoms with Crippen LogP contribution in [0.25, 0.3) is 0 Å². The standard InChI is InChI=1S/C17H25N3O/c1-12(2)17(21)19-15-5-3-4-14(10-15)18-16-11-20-8-6-13(16)7-9-20/h3-5,10,12-13,16,18H,6-9,11H2,1-2H3,(H,19,21). The van der Waals surface area contributed by atoms with E-state index >= 15 is 0 Å². The molecule has 21 heavy (non-hydrogen) atoms. The summed E-state index contributed by atoms with van der Waals surface area (Å²) in [5.41, 5.74) is 1.98. The Kier molecular flexibility index (Phi) is 4.15. The summed E-state index contributed by atoms with van der Waals surface area (Å²) in [6, 6.07) is 8.62. The van der Waals surface area contributed by atoms with E-state index in [1.807, 2.05) is 32.0 Å². The Morgan fingerprint density at radius 3 is 2.57 bits per heavy atom. The van der Waals surface area contributed by atoms with Gasteiger partial charge in [0.15, 0.2) is 0 Å². The molecule has 3 aliphatic rings. The van der Waals surface area contributed by atoms with Crippen molar-refractivity contribution < 1.29 is 4.79 Å². The van der Waals surface area contributed by atoms with Crippen LogP contribution in [0.5, 0.6) is 0 Å². The number of carbonyl (C=O) groups excluding carboxylic acids is 1. The second-order valence-electron chi connectivity index (χ2n) is 6.61. The topological polar surface area (TPSA) is 44.4 Å². The van der Waals surface area contributed by atoms with Crippen molar-refractivity contribution in [3.63, 3.8) is 0 Å². The summed E-state index contributed by atoms with van der Waals surface area (Å²) in [4.78, 5) is 14.3. The van der Waals surface area contributed by atoms with Gasteiger partial charge in [0.05, 0.1) is 0 Å².